The number of piperidine rings is 1. The Morgan fingerprint density at radius 2 is 1.62 bits per heavy atom. The number of aryl methyl sites for hydroxylation is 1. The third kappa shape index (κ3) is 5.44. The highest BCUT2D eigenvalue weighted by Gasteiger charge is 2.34. The number of hydrogen-bond donors (Lipinski definition) is 1. The summed E-state index contributed by atoms with van der Waals surface area (Å²) in [5, 5.41) is 13.7. The first-order chi connectivity index (χ1) is 19.3. The highest BCUT2D eigenvalue weighted by molar-refractivity contribution is 7.92. The van der Waals surface area contributed by atoms with E-state index in [1.54, 1.807) is 12.1 Å². The number of benzene rings is 4. The molecular formula is C32H33ClN2O4S. The minimum absolute atomic E-state index is 0.274. The molecule has 0 unspecified atom stereocenters. The second-order valence-corrected chi connectivity index (χ2v) is 13.0. The van der Waals surface area contributed by atoms with Gasteiger partial charge in [-0.25, -0.2) is 8.42 Å². The van der Waals surface area contributed by atoms with Gasteiger partial charge in [0, 0.05) is 18.1 Å². The molecule has 6 rings (SSSR count). The van der Waals surface area contributed by atoms with Crippen LogP contribution in [0.5, 0.6) is 5.75 Å². The van der Waals surface area contributed by atoms with Crippen LogP contribution < -0.4 is 9.04 Å². The Hall–Kier alpha value is -3.10. The van der Waals surface area contributed by atoms with E-state index in [1.165, 1.54) is 4.31 Å². The Morgan fingerprint density at radius 1 is 0.875 bits per heavy atom. The SMILES string of the molecule is O=S(=O)(c1ccc2ccccc2c1)N1CCOc2ccc(CCCN3CCC(O)(c4ccc(Cl)cc4)CC3)cc21. The summed E-state index contributed by atoms with van der Waals surface area (Å²) in [6.07, 6.45) is 3.14. The first-order valence-electron chi connectivity index (χ1n) is 13.8. The molecule has 8 heteroatoms. The summed E-state index contributed by atoms with van der Waals surface area (Å²) < 4.78 is 34.8. The van der Waals surface area contributed by atoms with E-state index in [-0.39, 0.29) is 11.4 Å². The molecule has 0 bridgehead atoms. The molecule has 1 saturated heterocycles. The topological polar surface area (TPSA) is 70.1 Å². The van der Waals surface area contributed by atoms with Crippen LogP contribution in [-0.4, -0.2) is 51.2 Å². The van der Waals surface area contributed by atoms with Crippen molar-refractivity contribution in [1.29, 1.82) is 0 Å². The number of fused-ring (bicyclic) bond motifs is 2. The van der Waals surface area contributed by atoms with E-state index in [2.05, 4.69) is 4.90 Å². The Balaban J connectivity index is 1.11. The number of aliphatic hydroxyl groups is 1. The first kappa shape index (κ1) is 27.1. The van der Waals surface area contributed by atoms with Gasteiger partial charge in [-0.3, -0.25) is 4.31 Å². The summed E-state index contributed by atoms with van der Waals surface area (Å²) in [6, 6.07) is 26.4. The van der Waals surface area contributed by atoms with Crippen LogP contribution in [0.2, 0.25) is 5.02 Å². The average molecular weight is 577 g/mol. The van der Waals surface area contributed by atoms with Gasteiger partial charge in [-0.2, -0.15) is 0 Å². The molecule has 4 aromatic carbocycles. The van der Waals surface area contributed by atoms with Gasteiger partial charge in [0.2, 0.25) is 0 Å². The zero-order chi connectivity index (χ0) is 27.7. The maximum Gasteiger partial charge on any atom is 0.264 e. The van der Waals surface area contributed by atoms with E-state index in [0.717, 1.165) is 54.4 Å². The fraction of sp³-hybridized carbons (Fsp3) is 0.312. The molecule has 0 saturated carbocycles. The maximum absolute atomic E-state index is 13.7. The fourth-order valence-corrected chi connectivity index (χ4v) is 7.41. The molecule has 0 amide bonds. The number of rotatable bonds is 7. The van der Waals surface area contributed by atoms with Crippen LogP contribution in [0, 0.1) is 0 Å². The predicted molar refractivity (Wildman–Crippen MR) is 160 cm³/mol. The summed E-state index contributed by atoms with van der Waals surface area (Å²) in [7, 11) is -3.74. The van der Waals surface area contributed by atoms with Crippen molar-refractivity contribution >= 4 is 38.1 Å². The lowest BCUT2D eigenvalue weighted by Crippen LogP contribution is -2.42. The minimum Gasteiger partial charge on any atom is -0.489 e. The quantitative estimate of drug-likeness (QED) is 0.292. The Morgan fingerprint density at radius 3 is 2.40 bits per heavy atom. The van der Waals surface area contributed by atoms with Crippen molar-refractivity contribution in [3.8, 4) is 5.75 Å². The number of halogens is 1. The molecule has 1 fully saturated rings. The molecule has 2 heterocycles. The van der Waals surface area contributed by atoms with Crippen molar-refractivity contribution in [3.63, 3.8) is 0 Å². The Labute approximate surface area is 240 Å². The van der Waals surface area contributed by atoms with Crippen molar-refractivity contribution in [2.24, 2.45) is 0 Å². The van der Waals surface area contributed by atoms with E-state index < -0.39 is 15.6 Å². The number of nitrogens with zero attached hydrogens (tertiary/aromatic N) is 2. The summed E-state index contributed by atoms with van der Waals surface area (Å²) in [5.41, 5.74) is 1.80. The first-order valence-corrected chi connectivity index (χ1v) is 15.6. The highest BCUT2D eigenvalue weighted by atomic mass is 35.5. The van der Waals surface area contributed by atoms with Gasteiger partial charge >= 0.3 is 0 Å². The number of ether oxygens (including phenoxy) is 1. The van der Waals surface area contributed by atoms with E-state index in [4.69, 9.17) is 16.3 Å². The number of hydrogen-bond acceptors (Lipinski definition) is 5. The molecule has 6 nitrogen and oxygen atoms in total. The van der Waals surface area contributed by atoms with Crippen molar-refractivity contribution < 1.29 is 18.3 Å². The van der Waals surface area contributed by atoms with Crippen LogP contribution in [-0.2, 0) is 22.0 Å². The van der Waals surface area contributed by atoms with Crippen LogP contribution in [0.4, 0.5) is 5.69 Å². The van der Waals surface area contributed by atoms with Crippen LogP contribution in [0.25, 0.3) is 10.8 Å². The summed E-state index contributed by atoms with van der Waals surface area (Å²) >= 11 is 6.01. The zero-order valence-corrected chi connectivity index (χ0v) is 23.9. The molecule has 208 valence electrons. The van der Waals surface area contributed by atoms with Gasteiger partial charge in [0.15, 0.2) is 0 Å². The molecule has 0 atom stereocenters. The Kier molecular flexibility index (Phi) is 7.48. The molecule has 0 aliphatic carbocycles. The van der Waals surface area contributed by atoms with Crippen molar-refractivity contribution in [3.05, 3.63) is 101 Å². The number of likely N-dealkylation sites (tertiary alicyclic amines) is 1. The van der Waals surface area contributed by atoms with Crippen molar-refractivity contribution in [2.45, 2.75) is 36.2 Å². The lowest BCUT2D eigenvalue weighted by molar-refractivity contribution is -0.0259. The van der Waals surface area contributed by atoms with Gasteiger partial charge in [0.1, 0.15) is 12.4 Å². The zero-order valence-electron chi connectivity index (χ0n) is 22.3. The predicted octanol–water partition coefficient (Wildman–Crippen LogP) is 6.00. The average Bonchev–Trinajstić information content (AvgIpc) is 2.98. The molecule has 1 N–H and O–H groups in total. The van der Waals surface area contributed by atoms with Gasteiger partial charge in [0.05, 0.1) is 22.7 Å². The molecule has 2 aliphatic rings. The molecule has 0 radical (unpaired) electrons. The van der Waals surface area contributed by atoms with Crippen molar-refractivity contribution in [2.75, 3.05) is 37.1 Å². The number of sulfonamides is 1. The third-order valence-corrected chi connectivity index (χ3v) is 10.2. The van der Waals surface area contributed by atoms with Gasteiger partial charge in [-0.1, -0.05) is 60.1 Å². The largest absolute Gasteiger partial charge is 0.489 e. The normalized spacial score (nSPS) is 17.4. The lowest BCUT2D eigenvalue weighted by atomic mass is 9.84. The number of anilines is 1. The van der Waals surface area contributed by atoms with Crippen LogP contribution in [0.15, 0.2) is 89.8 Å². The van der Waals surface area contributed by atoms with E-state index in [0.29, 0.717) is 35.9 Å². The molecular weight excluding hydrogens is 544 g/mol. The summed E-state index contributed by atoms with van der Waals surface area (Å²) in [4.78, 5) is 2.68. The highest BCUT2D eigenvalue weighted by Crippen LogP contribution is 2.37. The van der Waals surface area contributed by atoms with Crippen LogP contribution >= 0.6 is 11.6 Å². The third-order valence-electron chi connectivity index (χ3n) is 8.16. The van der Waals surface area contributed by atoms with Crippen LogP contribution in [0.1, 0.15) is 30.4 Å². The second-order valence-electron chi connectivity index (χ2n) is 10.7. The lowest BCUT2D eigenvalue weighted by Gasteiger charge is -2.38. The Bertz CT molecular complexity index is 1620. The fourth-order valence-electron chi connectivity index (χ4n) is 5.80. The maximum atomic E-state index is 13.7. The summed E-state index contributed by atoms with van der Waals surface area (Å²) in [6.45, 7) is 3.17. The standard InChI is InChI=1S/C32H33ClN2O4S/c33-28-11-9-27(10-12-28)32(36)15-18-34(19-16-32)17-3-4-24-7-14-31-30(22-24)35(20-21-39-31)40(37,38)29-13-8-25-5-1-2-6-26(25)23-29/h1-2,5-14,22-23,36H,3-4,15-21H2. The van der Waals surface area contributed by atoms with Gasteiger partial charge in [-0.15, -0.1) is 0 Å². The molecule has 2 aliphatic heterocycles. The van der Waals surface area contributed by atoms with Gasteiger partial charge < -0.3 is 14.7 Å². The van der Waals surface area contributed by atoms with E-state index in [9.17, 15) is 13.5 Å². The van der Waals surface area contributed by atoms with Gasteiger partial charge in [-0.05, 0) is 90.5 Å². The van der Waals surface area contributed by atoms with Crippen LogP contribution in [0.3, 0.4) is 0 Å². The molecule has 0 spiro atoms. The van der Waals surface area contributed by atoms with E-state index >= 15 is 0 Å². The molecule has 4 aromatic rings. The monoisotopic (exact) mass is 576 g/mol. The summed E-state index contributed by atoms with van der Waals surface area (Å²) in [5.74, 6) is 0.594. The van der Waals surface area contributed by atoms with Crippen molar-refractivity contribution in [1.82, 2.24) is 4.90 Å². The minimum atomic E-state index is -3.74. The molecule has 0 aromatic heterocycles. The van der Waals surface area contributed by atoms with Gasteiger partial charge in [0.25, 0.3) is 10.0 Å². The smallest absolute Gasteiger partial charge is 0.264 e. The molecule has 40 heavy (non-hydrogen) atoms. The van der Waals surface area contributed by atoms with E-state index in [1.807, 2.05) is 72.8 Å². The second kappa shape index (κ2) is 11.1.